The van der Waals surface area contributed by atoms with Gasteiger partial charge >= 0.3 is 0 Å². The Bertz CT molecular complexity index is 1120. The van der Waals surface area contributed by atoms with E-state index in [9.17, 15) is 22.0 Å². The molecule has 0 bridgehead atoms. The molecular weight excluding hydrogens is 410 g/mol. The summed E-state index contributed by atoms with van der Waals surface area (Å²) < 4.78 is 53.8. The van der Waals surface area contributed by atoms with Gasteiger partial charge in [-0.3, -0.25) is 4.79 Å². The third-order valence-electron chi connectivity index (χ3n) is 4.39. The molecule has 30 heavy (non-hydrogen) atoms. The first-order chi connectivity index (χ1) is 14.3. The molecule has 0 saturated carbocycles. The van der Waals surface area contributed by atoms with Gasteiger partial charge in [0.2, 0.25) is 15.9 Å². The molecule has 0 aliphatic rings. The average molecular weight is 430 g/mol. The van der Waals surface area contributed by atoms with E-state index in [1.807, 2.05) is 30.3 Å². The zero-order valence-corrected chi connectivity index (χ0v) is 16.8. The summed E-state index contributed by atoms with van der Waals surface area (Å²) in [4.78, 5) is 12.1. The molecule has 3 aromatic rings. The van der Waals surface area contributed by atoms with Crippen molar-refractivity contribution < 1.29 is 22.0 Å². The zero-order chi connectivity index (χ0) is 21.6. The number of hydrogen-bond donors (Lipinski definition) is 2. The van der Waals surface area contributed by atoms with E-state index in [-0.39, 0.29) is 23.5 Å². The van der Waals surface area contributed by atoms with Crippen LogP contribution in [0, 0.1) is 11.6 Å². The quantitative estimate of drug-likeness (QED) is 0.567. The molecule has 0 aliphatic carbocycles. The third kappa shape index (κ3) is 5.95. The van der Waals surface area contributed by atoms with E-state index in [0.29, 0.717) is 12.5 Å². The minimum Gasteiger partial charge on any atom is -0.324 e. The Labute approximate surface area is 173 Å². The summed E-state index contributed by atoms with van der Waals surface area (Å²) in [5, 5.41) is 2.39. The number of anilines is 1. The number of sulfonamides is 1. The van der Waals surface area contributed by atoms with Crippen molar-refractivity contribution in [1.29, 1.82) is 0 Å². The topological polar surface area (TPSA) is 75.3 Å². The Morgan fingerprint density at radius 1 is 0.867 bits per heavy atom. The van der Waals surface area contributed by atoms with Crippen LogP contribution in [-0.2, 0) is 27.8 Å². The molecule has 1 amide bonds. The Morgan fingerprint density at radius 2 is 1.57 bits per heavy atom. The number of carbonyl (C=O) groups excluding carboxylic acids is 1. The van der Waals surface area contributed by atoms with Crippen LogP contribution in [0.2, 0.25) is 0 Å². The van der Waals surface area contributed by atoms with Crippen LogP contribution in [-0.4, -0.2) is 14.3 Å². The predicted octanol–water partition coefficient (Wildman–Crippen LogP) is 4.01. The lowest BCUT2D eigenvalue weighted by molar-refractivity contribution is -0.116. The lowest BCUT2D eigenvalue weighted by atomic mass is 10.1. The van der Waals surface area contributed by atoms with E-state index in [1.165, 1.54) is 12.1 Å². The predicted molar refractivity (Wildman–Crippen MR) is 110 cm³/mol. The second-order valence-corrected chi connectivity index (χ2v) is 8.39. The first-order valence-electron chi connectivity index (χ1n) is 9.21. The van der Waals surface area contributed by atoms with Gasteiger partial charge in [-0.15, -0.1) is 0 Å². The van der Waals surface area contributed by atoms with Crippen LogP contribution in [0.3, 0.4) is 0 Å². The molecule has 0 fully saturated rings. The van der Waals surface area contributed by atoms with Crippen molar-refractivity contribution in [3.8, 4) is 0 Å². The molecule has 0 aliphatic heterocycles. The van der Waals surface area contributed by atoms with Crippen LogP contribution in [0.1, 0.15) is 17.5 Å². The largest absolute Gasteiger partial charge is 0.324 e. The normalized spacial score (nSPS) is 11.3. The van der Waals surface area contributed by atoms with Gasteiger partial charge in [-0.2, -0.15) is 0 Å². The summed E-state index contributed by atoms with van der Waals surface area (Å²) in [5.74, 6) is -2.00. The molecule has 0 heterocycles. The van der Waals surface area contributed by atoms with Gasteiger partial charge in [-0.25, -0.2) is 21.9 Å². The molecule has 5 nitrogen and oxygen atoms in total. The van der Waals surface area contributed by atoms with Crippen LogP contribution in [0.4, 0.5) is 14.5 Å². The second kappa shape index (κ2) is 9.60. The fraction of sp³-hybridized carbons (Fsp3) is 0.136. The van der Waals surface area contributed by atoms with Gasteiger partial charge in [0.05, 0.1) is 10.6 Å². The van der Waals surface area contributed by atoms with Gasteiger partial charge < -0.3 is 5.32 Å². The van der Waals surface area contributed by atoms with E-state index in [4.69, 9.17) is 0 Å². The summed E-state index contributed by atoms with van der Waals surface area (Å²) in [5.41, 5.74) is 1.51. The van der Waals surface area contributed by atoms with E-state index in [1.54, 1.807) is 12.1 Å². The summed E-state index contributed by atoms with van der Waals surface area (Å²) in [6.07, 6.45) is 0.404. The van der Waals surface area contributed by atoms with Gasteiger partial charge in [0.25, 0.3) is 0 Å². The number of hydrogen-bond acceptors (Lipinski definition) is 3. The number of benzene rings is 3. The van der Waals surface area contributed by atoms with Gasteiger partial charge in [0, 0.05) is 19.0 Å². The monoisotopic (exact) mass is 430 g/mol. The molecule has 156 valence electrons. The summed E-state index contributed by atoms with van der Waals surface area (Å²) in [6, 6.07) is 18.3. The lowest BCUT2D eigenvalue weighted by Crippen LogP contribution is -2.23. The van der Waals surface area contributed by atoms with Crippen molar-refractivity contribution in [2.24, 2.45) is 0 Å². The Kier molecular flexibility index (Phi) is 6.91. The van der Waals surface area contributed by atoms with Crippen molar-refractivity contribution in [2.75, 3.05) is 5.32 Å². The number of nitrogens with one attached hydrogen (secondary N) is 2. The SMILES string of the molecule is O=C(CCc1ccc(S(=O)(=O)NCc2ccccc2)cc1)Nc1ccc(F)cc1F. The van der Waals surface area contributed by atoms with Crippen molar-refractivity contribution in [1.82, 2.24) is 4.72 Å². The minimum absolute atomic E-state index is 0.0647. The first-order valence-corrected chi connectivity index (χ1v) is 10.7. The van der Waals surface area contributed by atoms with Crippen LogP contribution < -0.4 is 10.0 Å². The Hall–Kier alpha value is -3.10. The lowest BCUT2D eigenvalue weighted by Gasteiger charge is -2.09. The summed E-state index contributed by atoms with van der Waals surface area (Å²) >= 11 is 0. The number of halogens is 2. The van der Waals surface area contributed by atoms with E-state index < -0.39 is 27.6 Å². The Balaban J connectivity index is 1.54. The van der Waals surface area contributed by atoms with E-state index in [0.717, 1.165) is 23.3 Å². The zero-order valence-electron chi connectivity index (χ0n) is 15.9. The van der Waals surface area contributed by atoms with Crippen LogP contribution in [0.5, 0.6) is 0 Å². The van der Waals surface area contributed by atoms with Crippen molar-refractivity contribution >= 4 is 21.6 Å². The summed E-state index contributed by atoms with van der Waals surface area (Å²) in [7, 11) is -3.66. The van der Waals surface area contributed by atoms with Gasteiger partial charge in [0.1, 0.15) is 11.6 Å². The Morgan fingerprint density at radius 3 is 2.23 bits per heavy atom. The smallest absolute Gasteiger partial charge is 0.240 e. The molecule has 2 N–H and O–H groups in total. The van der Waals surface area contributed by atoms with E-state index >= 15 is 0 Å². The third-order valence-corrected chi connectivity index (χ3v) is 5.81. The fourth-order valence-electron chi connectivity index (χ4n) is 2.75. The number of rotatable bonds is 8. The maximum absolute atomic E-state index is 13.6. The molecule has 3 aromatic carbocycles. The molecule has 0 spiro atoms. The van der Waals surface area contributed by atoms with E-state index in [2.05, 4.69) is 10.0 Å². The fourth-order valence-corrected chi connectivity index (χ4v) is 3.77. The van der Waals surface area contributed by atoms with Crippen molar-refractivity contribution in [3.05, 3.63) is 95.6 Å². The first kappa shape index (κ1) is 21.6. The maximum atomic E-state index is 13.6. The number of aryl methyl sites for hydroxylation is 1. The number of amides is 1. The van der Waals surface area contributed by atoms with Gasteiger partial charge in [-0.1, -0.05) is 42.5 Å². The standard InChI is InChI=1S/C22H20F2N2O3S/c23-18-9-12-21(20(24)14-18)26-22(27)13-8-16-6-10-19(11-7-16)30(28,29)25-15-17-4-2-1-3-5-17/h1-7,9-12,14,25H,8,13,15H2,(H,26,27). The molecule has 0 aromatic heterocycles. The molecule has 0 radical (unpaired) electrons. The molecule has 8 heteroatoms. The van der Waals surface area contributed by atoms with Crippen molar-refractivity contribution in [2.45, 2.75) is 24.3 Å². The second-order valence-electron chi connectivity index (χ2n) is 6.63. The van der Waals surface area contributed by atoms with Crippen molar-refractivity contribution in [3.63, 3.8) is 0 Å². The maximum Gasteiger partial charge on any atom is 0.240 e. The summed E-state index contributed by atoms with van der Waals surface area (Å²) in [6.45, 7) is 0.186. The average Bonchev–Trinajstić information content (AvgIpc) is 2.74. The van der Waals surface area contributed by atoms with Crippen LogP contribution in [0.25, 0.3) is 0 Å². The highest BCUT2D eigenvalue weighted by Crippen LogP contribution is 2.16. The molecular formula is C22H20F2N2O3S. The van der Waals surface area contributed by atoms with Gasteiger partial charge in [0.15, 0.2) is 0 Å². The molecule has 0 unspecified atom stereocenters. The highest BCUT2D eigenvalue weighted by atomic mass is 32.2. The van der Waals surface area contributed by atoms with Crippen LogP contribution >= 0.6 is 0 Å². The van der Waals surface area contributed by atoms with Gasteiger partial charge in [-0.05, 0) is 41.8 Å². The number of carbonyl (C=O) groups is 1. The molecule has 3 rings (SSSR count). The van der Waals surface area contributed by atoms with Crippen LogP contribution in [0.15, 0.2) is 77.7 Å². The minimum atomic E-state index is -3.66. The highest BCUT2D eigenvalue weighted by Gasteiger charge is 2.14. The molecule has 0 atom stereocenters. The molecule has 0 saturated heterocycles. The highest BCUT2D eigenvalue weighted by molar-refractivity contribution is 7.89.